The zero-order valence-electron chi connectivity index (χ0n) is 10.9. The van der Waals surface area contributed by atoms with E-state index in [1.807, 2.05) is 12.4 Å². The Balaban J connectivity index is 2.27. The molecule has 0 fully saturated rings. The quantitative estimate of drug-likeness (QED) is 0.783. The molecule has 0 spiro atoms. The maximum absolute atomic E-state index is 12.3. The minimum Gasteiger partial charge on any atom is -0.316 e. The highest BCUT2D eigenvalue weighted by atomic mass is 32.2. The fraction of sp³-hybridized carbons (Fsp3) is 0.364. The fourth-order valence-corrected chi connectivity index (χ4v) is 4.07. The van der Waals surface area contributed by atoms with Crippen molar-refractivity contribution in [2.75, 3.05) is 11.8 Å². The molecule has 0 bridgehead atoms. The number of anilines is 1. The average Bonchev–Trinajstić information content (AvgIpc) is 2.92. The molecule has 0 unspecified atom stereocenters. The van der Waals surface area contributed by atoms with Crippen LogP contribution in [0.2, 0.25) is 0 Å². The first kappa shape index (κ1) is 14.0. The van der Waals surface area contributed by atoms with Crippen LogP contribution in [0.15, 0.2) is 15.7 Å². The Hall–Kier alpha value is -1.38. The summed E-state index contributed by atoms with van der Waals surface area (Å²) in [5.41, 5.74) is 2.80. The molecule has 2 aromatic heterocycles. The number of sulfonamides is 1. The van der Waals surface area contributed by atoms with Gasteiger partial charge in [-0.05, 0) is 37.9 Å². The smallest absolute Gasteiger partial charge is 0.271 e. The van der Waals surface area contributed by atoms with Gasteiger partial charge in [-0.1, -0.05) is 0 Å². The van der Waals surface area contributed by atoms with Crippen molar-refractivity contribution in [1.29, 1.82) is 0 Å². The molecular weight excluding hydrogens is 284 g/mol. The van der Waals surface area contributed by atoms with E-state index in [9.17, 15) is 8.42 Å². The molecule has 0 saturated heterocycles. The highest BCUT2D eigenvalue weighted by Crippen LogP contribution is 2.25. The highest BCUT2D eigenvalue weighted by Gasteiger charge is 2.19. The molecule has 2 aromatic rings. The summed E-state index contributed by atoms with van der Waals surface area (Å²) < 4.78 is 27.4. The summed E-state index contributed by atoms with van der Waals surface area (Å²) in [5.74, 6) is 0. The van der Waals surface area contributed by atoms with Gasteiger partial charge in [0.25, 0.3) is 10.0 Å². The van der Waals surface area contributed by atoms with Gasteiger partial charge in [0, 0.05) is 6.54 Å². The Morgan fingerprint density at radius 2 is 2.16 bits per heavy atom. The van der Waals surface area contributed by atoms with Crippen LogP contribution in [-0.4, -0.2) is 25.7 Å². The molecule has 3 N–H and O–H groups in total. The van der Waals surface area contributed by atoms with Gasteiger partial charge < -0.3 is 5.32 Å². The predicted molar refractivity (Wildman–Crippen MR) is 76.0 cm³/mol. The van der Waals surface area contributed by atoms with E-state index < -0.39 is 10.0 Å². The number of nitrogens with one attached hydrogen (secondary N) is 3. The maximum Gasteiger partial charge on any atom is 0.271 e. The van der Waals surface area contributed by atoms with E-state index in [-0.39, 0.29) is 0 Å². The summed E-state index contributed by atoms with van der Waals surface area (Å²) in [6, 6.07) is 1.67. The average molecular weight is 300 g/mol. The van der Waals surface area contributed by atoms with Gasteiger partial charge >= 0.3 is 0 Å². The minimum atomic E-state index is -3.54. The molecule has 2 heterocycles. The topological polar surface area (TPSA) is 86.9 Å². The zero-order chi connectivity index (χ0) is 14.0. The predicted octanol–water partition coefficient (Wildman–Crippen LogP) is 1.61. The first-order valence-electron chi connectivity index (χ1n) is 5.70. The van der Waals surface area contributed by atoms with Gasteiger partial charge in [-0.3, -0.25) is 9.82 Å². The van der Waals surface area contributed by atoms with E-state index in [0.29, 0.717) is 27.8 Å². The molecule has 8 heteroatoms. The second-order valence-electron chi connectivity index (χ2n) is 4.22. The summed E-state index contributed by atoms with van der Waals surface area (Å²) >= 11 is 1.21. The number of thiophene rings is 1. The summed E-state index contributed by atoms with van der Waals surface area (Å²) in [6.07, 6.45) is 0. The SMILES string of the molecule is CNCc1csc(S(=O)(=O)Nc2c(C)n[nH]c2C)c1. The van der Waals surface area contributed by atoms with Crippen LogP contribution in [0.5, 0.6) is 0 Å². The number of nitrogens with zero attached hydrogens (tertiary/aromatic N) is 1. The molecule has 0 saturated carbocycles. The van der Waals surface area contributed by atoms with Gasteiger partial charge in [0.1, 0.15) is 4.21 Å². The molecule has 0 radical (unpaired) electrons. The Morgan fingerprint density at radius 3 is 2.74 bits per heavy atom. The molecular formula is C11H16N4O2S2. The van der Waals surface area contributed by atoms with Crippen LogP contribution in [0.25, 0.3) is 0 Å². The van der Waals surface area contributed by atoms with Gasteiger partial charge in [0.2, 0.25) is 0 Å². The van der Waals surface area contributed by atoms with Crippen LogP contribution in [0.4, 0.5) is 5.69 Å². The zero-order valence-corrected chi connectivity index (χ0v) is 12.6. The largest absolute Gasteiger partial charge is 0.316 e. The third kappa shape index (κ3) is 2.96. The Labute approximate surface area is 116 Å². The van der Waals surface area contributed by atoms with Gasteiger partial charge in [-0.25, -0.2) is 8.42 Å². The van der Waals surface area contributed by atoms with Crippen LogP contribution in [-0.2, 0) is 16.6 Å². The van der Waals surface area contributed by atoms with E-state index >= 15 is 0 Å². The van der Waals surface area contributed by atoms with Crippen molar-refractivity contribution in [3.8, 4) is 0 Å². The van der Waals surface area contributed by atoms with Crippen molar-refractivity contribution in [2.24, 2.45) is 0 Å². The van der Waals surface area contributed by atoms with Crippen molar-refractivity contribution in [3.63, 3.8) is 0 Å². The third-order valence-electron chi connectivity index (χ3n) is 2.64. The number of rotatable bonds is 5. The lowest BCUT2D eigenvalue weighted by atomic mass is 10.3. The Kier molecular flexibility index (Phi) is 3.93. The lowest BCUT2D eigenvalue weighted by molar-refractivity contribution is 0.603. The van der Waals surface area contributed by atoms with Crippen molar-refractivity contribution in [1.82, 2.24) is 15.5 Å². The second kappa shape index (κ2) is 5.32. The second-order valence-corrected chi connectivity index (χ2v) is 7.04. The van der Waals surface area contributed by atoms with Crippen LogP contribution in [0.3, 0.4) is 0 Å². The fourth-order valence-electron chi connectivity index (χ4n) is 1.68. The number of aromatic amines is 1. The number of hydrogen-bond acceptors (Lipinski definition) is 5. The number of hydrogen-bond donors (Lipinski definition) is 3. The van der Waals surface area contributed by atoms with E-state index in [0.717, 1.165) is 5.56 Å². The summed E-state index contributed by atoms with van der Waals surface area (Å²) in [7, 11) is -1.72. The van der Waals surface area contributed by atoms with Crippen molar-refractivity contribution in [3.05, 3.63) is 28.4 Å². The summed E-state index contributed by atoms with van der Waals surface area (Å²) in [6.45, 7) is 4.18. The molecule has 6 nitrogen and oxygen atoms in total. The molecule has 19 heavy (non-hydrogen) atoms. The van der Waals surface area contributed by atoms with Crippen molar-refractivity contribution < 1.29 is 8.42 Å². The van der Waals surface area contributed by atoms with Gasteiger partial charge in [0.15, 0.2) is 0 Å². The number of aryl methyl sites for hydroxylation is 2. The number of aromatic nitrogens is 2. The highest BCUT2D eigenvalue weighted by molar-refractivity contribution is 7.94. The first-order chi connectivity index (χ1) is 8.94. The molecule has 0 aromatic carbocycles. The molecule has 0 aliphatic rings. The van der Waals surface area contributed by atoms with E-state index in [1.165, 1.54) is 11.3 Å². The van der Waals surface area contributed by atoms with Crippen LogP contribution < -0.4 is 10.0 Å². The molecule has 0 amide bonds. The molecule has 0 atom stereocenters. The van der Waals surface area contributed by atoms with Gasteiger partial charge in [0.05, 0.1) is 17.1 Å². The normalized spacial score (nSPS) is 11.7. The van der Waals surface area contributed by atoms with E-state index in [4.69, 9.17) is 0 Å². The van der Waals surface area contributed by atoms with Crippen molar-refractivity contribution >= 4 is 27.0 Å². The lowest BCUT2D eigenvalue weighted by Gasteiger charge is -2.05. The molecule has 104 valence electrons. The standard InChI is InChI=1S/C11H16N4O2S2/c1-7-11(8(2)14-13-7)15-19(16,17)10-4-9(5-12-3)6-18-10/h4,6,12,15H,5H2,1-3H3,(H,13,14). The maximum atomic E-state index is 12.3. The van der Waals surface area contributed by atoms with E-state index in [1.54, 1.807) is 19.9 Å². The minimum absolute atomic E-state index is 0.303. The Bertz CT molecular complexity index is 653. The summed E-state index contributed by atoms with van der Waals surface area (Å²) in [5, 5.41) is 11.5. The van der Waals surface area contributed by atoms with Crippen LogP contribution >= 0.6 is 11.3 Å². The van der Waals surface area contributed by atoms with Crippen LogP contribution in [0.1, 0.15) is 17.0 Å². The van der Waals surface area contributed by atoms with Crippen LogP contribution in [0, 0.1) is 13.8 Å². The molecule has 2 rings (SSSR count). The lowest BCUT2D eigenvalue weighted by Crippen LogP contribution is -2.12. The molecule has 0 aliphatic carbocycles. The van der Waals surface area contributed by atoms with Gasteiger partial charge in [-0.2, -0.15) is 5.10 Å². The monoisotopic (exact) mass is 300 g/mol. The van der Waals surface area contributed by atoms with E-state index in [2.05, 4.69) is 20.2 Å². The first-order valence-corrected chi connectivity index (χ1v) is 8.06. The Morgan fingerprint density at radius 1 is 1.42 bits per heavy atom. The number of H-pyrrole nitrogens is 1. The third-order valence-corrected chi connectivity index (χ3v) is 5.48. The van der Waals surface area contributed by atoms with Gasteiger partial charge in [-0.15, -0.1) is 11.3 Å². The summed E-state index contributed by atoms with van der Waals surface area (Å²) in [4.78, 5) is 0. The molecule has 0 aliphatic heterocycles. The van der Waals surface area contributed by atoms with Crippen molar-refractivity contribution in [2.45, 2.75) is 24.6 Å².